The standard InChI is InChI=1S/C19H22ClN5O2S/c1-5-24-18(27)17-16(12(4)23-25(17)6-2)22-19(24)28-10-15(26)21-14-8-7-11(3)9-13(14)20/h7-9H,5-6,10H2,1-4H3,(H,21,26). The van der Waals surface area contributed by atoms with Gasteiger partial charge in [-0.1, -0.05) is 29.4 Å². The normalized spacial score (nSPS) is 11.2. The lowest BCUT2D eigenvalue weighted by Gasteiger charge is -2.11. The van der Waals surface area contributed by atoms with Gasteiger partial charge in [0.05, 0.1) is 22.2 Å². The largest absolute Gasteiger partial charge is 0.324 e. The van der Waals surface area contributed by atoms with Crippen LogP contribution in [0, 0.1) is 13.8 Å². The first-order valence-electron chi connectivity index (χ1n) is 9.02. The number of amides is 1. The SMILES string of the molecule is CCn1c(SCC(=O)Nc2ccc(C)cc2Cl)nc2c(C)nn(CC)c2c1=O. The van der Waals surface area contributed by atoms with Crippen LogP contribution in [-0.2, 0) is 17.9 Å². The summed E-state index contributed by atoms with van der Waals surface area (Å²) in [6, 6.07) is 5.45. The molecule has 0 bridgehead atoms. The van der Waals surface area contributed by atoms with Crippen LogP contribution >= 0.6 is 23.4 Å². The van der Waals surface area contributed by atoms with E-state index >= 15 is 0 Å². The molecule has 7 nitrogen and oxygen atoms in total. The highest BCUT2D eigenvalue weighted by molar-refractivity contribution is 7.99. The molecule has 0 aliphatic rings. The molecule has 3 aromatic rings. The Bertz CT molecular complexity index is 1110. The molecule has 1 amide bonds. The summed E-state index contributed by atoms with van der Waals surface area (Å²) in [4.78, 5) is 29.9. The van der Waals surface area contributed by atoms with Crippen LogP contribution in [-0.4, -0.2) is 31.0 Å². The quantitative estimate of drug-likeness (QED) is 0.487. The van der Waals surface area contributed by atoms with Crippen molar-refractivity contribution in [1.82, 2.24) is 19.3 Å². The van der Waals surface area contributed by atoms with E-state index in [0.717, 1.165) is 5.56 Å². The number of fused-ring (bicyclic) bond motifs is 1. The predicted molar refractivity (Wildman–Crippen MR) is 113 cm³/mol. The lowest BCUT2D eigenvalue weighted by molar-refractivity contribution is -0.113. The number of anilines is 1. The van der Waals surface area contributed by atoms with Gasteiger partial charge >= 0.3 is 0 Å². The van der Waals surface area contributed by atoms with Gasteiger partial charge in [0.2, 0.25) is 5.91 Å². The number of hydrogen-bond acceptors (Lipinski definition) is 5. The van der Waals surface area contributed by atoms with E-state index in [4.69, 9.17) is 11.6 Å². The maximum absolute atomic E-state index is 12.9. The molecule has 0 fully saturated rings. The molecule has 0 radical (unpaired) electrons. The number of benzene rings is 1. The van der Waals surface area contributed by atoms with E-state index in [0.29, 0.717) is 45.7 Å². The van der Waals surface area contributed by atoms with Gasteiger partial charge in [0.1, 0.15) is 5.52 Å². The van der Waals surface area contributed by atoms with Crippen LogP contribution in [0.3, 0.4) is 0 Å². The Balaban J connectivity index is 1.84. The van der Waals surface area contributed by atoms with Crippen molar-refractivity contribution in [1.29, 1.82) is 0 Å². The highest BCUT2D eigenvalue weighted by Crippen LogP contribution is 2.24. The zero-order valence-corrected chi connectivity index (χ0v) is 17.8. The Labute approximate surface area is 172 Å². The molecule has 9 heteroatoms. The van der Waals surface area contributed by atoms with Crippen molar-refractivity contribution >= 4 is 46.0 Å². The molecule has 0 spiro atoms. The van der Waals surface area contributed by atoms with Crippen molar-refractivity contribution in [3.8, 4) is 0 Å². The monoisotopic (exact) mass is 419 g/mol. The molecule has 28 heavy (non-hydrogen) atoms. The number of nitrogens with zero attached hydrogens (tertiary/aromatic N) is 4. The van der Waals surface area contributed by atoms with Gasteiger partial charge in [-0.05, 0) is 45.4 Å². The Morgan fingerprint density at radius 3 is 2.64 bits per heavy atom. The number of aryl methyl sites for hydroxylation is 3. The second-order valence-corrected chi connectivity index (χ2v) is 7.71. The fourth-order valence-electron chi connectivity index (χ4n) is 2.94. The van der Waals surface area contributed by atoms with Crippen molar-refractivity contribution in [2.75, 3.05) is 11.1 Å². The van der Waals surface area contributed by atoms with Gasteiger partial charge in [0.15, 0.2) is 10.7 Å². The topological polar surface area (TPSA) is 81.8 Å². The zero-order chi connectivity index (χ0) is 20.4. The minimum Gasteiger partial charge on any atom is -0.324 e. The van der Waals surface area contributed by atoms with Crippen molar-refractivity contribution in [3.63, 3.8) is 0 Å². The number of halogens is 1. The van der Waals surface area contributed by atoms with E-state index in [9.17, 15) is 9.59 Å². The minimum absolute atomic E-state index is 0.114. The van der Waals surface area contributed by atoms with Gasteiger partial charge in [0, 0.05) is 13.1 Å². The Morgan fingerprint density at radius 2 is 2.00 bits per heavy atom. The van der Waals surface area contributed by atoms with E-state index in [2.05, 4.69) is 15.4 Å². The number of aromatic nitrogens is 4. The van der Waals surface area contributed by atoms with Gasteiger partial charge in [0.25, 0.3) is 5.56 Å². The second-order valence-electron chi connectivity index (χ2n) is 6.36. The smallest absolute Gasteiger partial charge is 0.280 e. The Kier molecular flexibility index (Phi) is 6.10. The maximum Gasteiger partial charge on any atom is 0.280 e. The van der Waals surface area contributed by atoms with E-state index < -0.39 is 0 Å². The summed E-state index contributed by atoms with van der Waals surface area (Å²) in [6.07, 6.45) is 0. The Hall–Kier alpha value is -2.32. The summed E-state index contributed by atoms with van der Waals surface area (Å²) in [5.74, 6) is -0.0999. The van der Waals surface area contributed by atoms with Crippen molar-refractivity contribution in [2.24, 2.45) is 0 Å². The van der Waals surface area contributed by atoms with Crippen LogP contribution in [0.5, 0.6) is 0 Å². The number of hydrogen-bond donors (Lipinski definition) is 1. The van der Waals surface area contributed by atoms with E-state index in [-0.39, 0.29) is 17.2 Å². The Morgan fingerprint density at radius 1 is 1.25 bits per heavy atom. The molecule has 0 aliphatic carbocycles. The molecular weight excluding hydrogens is 398 g/mol. The third kappa shape index (κ3) is 3.93. The van der Waals surface area contributed by atoms with Gasteiger partial charge in [-0.2, -0.15) is 5.10 Å². The average Bonchev–Trinajstić information content (AvgIpc) is 2.98. The number of carbonyl (C=O) groups excluding carboxylic acids is 1. The van der Waals surface area contributed by atoms with Crippen LogP contribution in [0.2, 0.25) is 5.02 Å². The maximum atomic E-state index is 12.9. The lowest BCUT2D eigenvalue weighted by atomic mass is 10.2. The van der Waals surface area contributed by atoms with Crippen molar-refractivity contribution < 1.29 is 4.79 Å². The molecule has 1 aromatic carbocycles. The molecule has 0 atom stereocenters. The molecule has 148 valence electrons. The molecule has 2 aromatic heterocycles. The van der Waals surface area contributed by atoms with Crippen LogP contribution in [0.25, 0.3) is 11.0 Å². The fourth-order valence-corrected chi connectivity index (χ4v) is 4.08. The summed E-state index contributed by atoms with van der Waals surface area (Å²) >= 11 is 7.39. The molecule has 0 aliphatic heterocycles. The van der Waals surface area contributed by atoms with Gasteiger partial charge < -0.3 is 5.32 Å². The molecule has 3 rings (SSSR count). The summed E-state index contributed by atoms with van der Waals surface area (Å²) in [7, 11) is 0. The average molecular weight is 420 g/mol. The first kappa shape index (κ1) is 20.4. The number of thioether (sulfide) groups is 1. The summed E-state index contributed by atoms with van der Waals surface area (Å²) in [6.45, 7) is 8.63. The van der Waals surface area contributed by atoms with E-state index in [1.54, 1.807) is 21.4 Å². The van der Waals surface area contributed by atoms with Gasteiger partial charge in [-0.15, -0.1) is 0 Å². The summed E-state index contributed by atoms with van der Waals surface area (Å²) in [5.41, 5.74) is 3.23. The second kappa shape index (κ2) is 8.36. The fraction of sp³-hybridized carbons (Fsp3) is 0.368. The first-order valence-corrected chi connectivity index (χ1v) is 10.4. The highest BCUT2D eigenvalue weighted by atomic mass is 35.5. The molecule has 2 heterocycles. The highest BCUT2D eigenvalue weighted by Gasteiger charge is 2.18. The predicted octanol–water partition coefficient (Wildman–Crippen LogP) is 3.63. The van der Waals surface area contributed by atoms with E-state index in [1.165, 1.54) is 11.8 Å². The van der Waals surface area contributed by atoms with Crippen LogP contribution < -0.4 is 10.9 Å². The zero-order valence-electron chi connectivity index (χ0n) is 16.2. The molecule has 0 unspecified atom stereocenters. The van der Waals surface area contributed by atoms with Gasteiger partial charge in [-0.3, -0.25) is 18.8 Å². The molecular formula is C19H22ClN5O2S. The van der Waals surface area contributed by atoms with E-state index in [1.807, 2.05) is 33.8 Å². The summed E-state index contributed by atoms with van der Waals surface area (Å²) in [5, 5.41) is 8.18. The number of rotatable bonds is 6. The summed E-state index contributed by atoms with van der Waals surface area (Å²) < 4.78 is 3.25. The van der Waals surface area contributed by atoms with Crippen molar-refractivity contribution in [2.45, 2.75) is 45.9 Å². The first-order chi connectivity index (χ1) is 13.3. The third-order valence-corrected chi connectivity index (χ3v) is 5.62. The lowest BCUT2D eigenvalue weighted by Crippen LogP contribution is -2.25. The molecule has 1 N–H and O–H groups in total. The molecule has 0 saturated carbocycles. The van der Waals surface area contributed by atoms with Crippen LogP contribution in [0.15, 0.2) is 28.2 Å². The van der Waals surface area contributed by atoms with Crippen LogP contribution in [0.1, 0.15) is 25.1 Å². The number of nitrogens with one attached hydrogen (secondary N) is 1. The third-order valence-electron chi connectivity index (χ3n) is 4.33. The minimum atomic E-state index is -0.214. The van der Waals surface area contributed by atoms with Crippen LogP contribution in [0.4, 0.5) is 5.69 Å². The molecule has 0 saturated heterocycles. The van der Waals surface area contributed by atoms with Gasteiger partial charge in [-0.25, -0.2) is 4.98 Å². The number of carbonyl (C=O) groups is 1. The van der Waals surface area contributed by atoms with Crippen molar-refractivity contribution in [3.05, 3.63) is 44.8 Å².